The molecule has 2 heteroatoms. The van der Waals surface area contributed by atoms with Crippen LogP contribution in [-0.2, 0) is 0 Å². The van der Waals surface area contributed by atoms with Gasteiger partial charge in [0.25, 0.3) is 0 Å². The summed E-state index contributed by atoms with van der Waals surface area (Å²) in [5.74, 6) is 0. The summed E-state index contributed by atoms with van der Waals surface area (Å²) in [6, 6.07) is 25.0. The molecule has 5 aromatic rings. The number of benzene rings is 4. The Labute approximate surface area is 132 Å². The molecule has 106 valence electrons. The van der Waals surface area contributed by atoms with Crippen molar-refractivity contribution in [2.75, 3.05) is 0 Å². The predicted octanol–water partition coefficient (Wildman–Crippen LogP) is 5.50. The van der Waals surface area contributed by atoms with E-state index in [4.69, 9.17) is 0 Å². The number of H-pyrrole nitrogens is 1. The smallest absolute Gasteiger partial charge is 0.0991 e. The molecule has 0 spiro atoms. The molecular formula is C21H12N2. The van der Waals surface area contributed by atoms with Crippen molar-refractivity contribution in [2.24, 2.45) is 0 Å². The number of hydrogen-bond acceptors (Lipinski definition) is 1. The summed E-state index contributed by atoms with van der Waals surface area (Å²) in [6.07, 6.45) is 0. The molecule has 5 rings (SSSR count). The van der Waals surface area contributed by atoms with Gasteiger partial charge in [-0.15, -0.1) is 0 Å². The molecule has 0 aliphatic rings. The van der Waals surface area contributed by atoms with E-state index in [0.717, 1.165) is 16.4 Å². The van der Waals surface area contributed by atoms with Gasteiger partial charge in [-0.25, -0.2) is 0 Å². The van der Waals surface area contributed by atoms with Crippen molar-refractivity contribution in [3.63, 3.8) is 0 Å². The minimum atomic E-state index is 0.694. The first-order valence-electron chi connectivity index (χ1n) is 7.62. The molecule has 0 amide bonds. The molecule has 23 heavy (non-hydrogen) atoms. The topological polar surface area (TPSA) is 39.6 Å². The maximum Gasteiger partial charge on any atom is 0.0991 e. The van der Waals surface area contributed by atoms with Crippen LogP contribution in [0.15, 0.2) is 66.7 Å². The Morgan fingerprint density at radius 3 is 2.22 bits per heavy atom. The lowest BCUT2D eigenvalue weighted by molar-refractivity contribution is 1.50. The third-order valence-electron chi connectivity index (χ3n) is 4.61. The van der Waals surface area contributed by atoms with Crippen LogP contribution in [0.4, 0.5) is 0 Å². The summed E-state index contributed by atoms with van der Waals surface area (Å²) in [6.45, 7) is 0. The highest BCUT2D eigenvalue weighted by atomic mass is 14.7. The SMILES string of the molecule is N#Cc1ccc2c3ccccc3c3[nH]c4ccccc4c3c2c1. The Bertz CT molecular complexity index is 1270. The molecule has 1 aromatic heterocycles. The lowest BCUT2D eigenvalue weighted by atomic mass is 9.95. The molecule has 0 fully saturated rings. The van der Waals surface area contributed by atoms with E-state index in [0.29, 0.717) is 5.56 Å². The average molecular weight is 292 g/mol. The summed E-state index contributed by atoms with van der Waals surface area (Å²) >= 11 is 0. The number of aromatic amines is 1. The second kappa shape index (κ2) is 4.34. The van der Waals surface area contributed by atoms with Gasteiger partial charge in [-0.2, -0.15) is 5.26 Å². The van der Waals surface area contributed by atoms with E-state index in [2.05, 4.69) is 59.6 Å². The Morgan fingerprint density at radius 2 is 1.39 bits per heavy atom. The van der Waals surface area contributed by atoms with E-state index in [1.807, 2.05) is 18.2 Å². The maximum absolute atomic E-state index is 9.29. The monoisotopic (exact) mass is 292 g/mol. The predicted molar refractivity (Wildman–Crippen MR) is 95.5 cm³/mol. The van der Waals surface area contributed by atoms with Crippen LogP contribution in [0.2, 0.25) is 0 Å². The molecule has 4 aromatic carbocycles. The molecule has 0 aliphatic heterocycles. The van der Waals surface area contributed by atoms with Gasteiger partial charge in [0.05, 0.1) is 17.1 Å². The zero-order valence-electron chi connectivity index (χ0n) is 12.3. The first kappa shape index (κ1) is 12.3. The Balaban J connectivity index is 2.21. The van der Waals surface area contributed by atoms with Gasteiger partial charge in [0.15, 0.2) is 0 Å². The van der Waals surface area contributed by atoms with Crippen LogP contribution in [0.5, 0.6) is 0 Å². The lowest BCUT2D eigenvalue weighted by Gasteiger charge is -2.07. The quantitative estimate of drug-likeness (QED) is 0.376. The molecule has 0 bridgehead atoms. The third kappa shape index (κ3) is 1.56. The highest BCUT2D eigenvalue weighted by Crippen LogP contribution is 2.38. The minimum absolute atomic E-state index is 0.694. The highest BCUT2D eigenvalue weighted by molar-refractivity contribution is 6.31. The van der Waals surface area contributed by atoms with Gasteiger partial charge in [-0.3, -0.25) is 0 Å². The molecule has 0 saturated heterocycles. The normalized spacial score (nSPS) is 11.4. The number of aromatic nitrogens is 1. The van der Waals surface area contributed by atoms with Gasteiger partial charge in [-0.1, -0.05) is 48.5 Å². The second-order valence-corrected chi connectivity index (χ2v) is 5.84. The Kier molecular flexibility index (Phi) is 2.32. The van der Waals surface area contributed by atoms with Gasteiger partial charge in [0.2, 0.25) is 0 Å². The Hall–Kier alpha value is -3.31. The number of hydrogen-bond donors (Lipinski definition) is 1. The number of nitrogens with one attached hydrogen (secondary N) is 1. The van der Waals surface area contributed by atoms with E-state index >= 15 is 0 Å². The van der Waals surface area contributed by atoms with E-state index in [1.54, 1.807) is 0 Å². The lowest BCUT2D eigenvalue weighted by Crippen LogP contribution is -1.83. The van der Waals surface area contributed by atoms with Crippen molar-refractivity contribution >= 4 is 43.4 Å². The van der Waals surface area contributed by atoms with Crippen molar-refractivity contribution < 1.29 is 0 Å². The average Bonchev–Trinajstić information content (AvgIpc) is 3.01. The zero-order chi connectivity index (χ0) is 15.4. The van der Waals surface area contributed by atoms with Crippen LogP contribution >= 0.6 is 0 Å². The van der Waals surface area contributed by atoms with Gasteiger partial charge in [-0.05, 0) is 34.4 Å². The van der Waals surface area contributed by atoms with Crippen LogP contribution in [0.1, 0.15) is 5.56 Å². The van der Waals surface area contributed by atoms with Crippen molar-refractivity contribution in [3.8, 4) is 6.07 Å². The summed E-state index contributed by atoms with van der Waals surface area (Å²) in [5, 5.41) is 16.4. The van der Waals surface area contributed by atoms with Crippen LogP contribution in [0.25, 0.3) is 43.4 Å². The fourth-order valence-electron chi connectivity index (χ4n) is 3.62. The van der Waals surface area contributed by atoms with E-state index < -0.39 is 0 Å². The van der Waals surface area contributed by atoms with Crippen molar-refractivity contribution in [2.45, 2.75) is 0 Å². The van der Waals surface area contributed by atoms with Crippen LogP contribution < -0.4 is 0 Å². The van der Waals surface area contributed by atoms with Gasteiger partial charge >= 0.3 is 0 Å². The molecule has 2 nitrogen and oxygen atoms in total. The number of para-hydroxylation sites is 1. The van der Waals surface area contributed by atoms with Crippen molar-refractivity contribution in [1.29, 1.82) is 5.26 Å². The summed E-state index contributed by atoms with van der Waals surface area (Å²) in [5.41, 5.74) is 2.96. The Morgan fingerprint density at radius 1 is 0.696 bits per heavy atom. The van der Waals surface area contributed by atoms with E-state index in [9.17, 15) is 5.26 Å². The first-order valence-corrected chi connectivity index (χ1v) is 7.62. The number of rotatable bonds is 0. The second-order valence-electron chi connectivity index (χ2n) is 5.84. The third-order valence-corrected chi connectivity index (χ3v) is 4.61. The van der Waals surface area contributed by atoms with Crippen molar-refractivity contribution in [1.82, 2.24) is 4.98 Å². The standard InChI is InChI=1S/C21H12N2/c22-12-13-9-10-15-14-5-1-2-6-16(14)21-20(18(15)11-13)17-7-3-4-8-19(17)23-21/h1-11,23H. The van der Waals surface area contributed by atoms with Gasteiger partial charge in [0.1, 0.15) is 0 Å². The van der Waals surface area contributed by atoms with Crippen LogP contribution in [0.3, 0.4) is 0 Å². The van der Waals surface area contributed by atoms with E-state index in [1.165, 1.54) is 26.9 Å². The molecular weight excluding hydrogens is 280 g/mol. The zero-order valence-corrected chi connectivity index (χ0v) is 12.3. The minimum Gasteiger partial charge on any atom is -0.354 e. The number of nitriles is 1. The van der Waals surface area contributed by atoms with Crippen LogP contribution in [-0.4, -0.2) is 4.98 Å². The number of nitrogens with zero attached hydrogens (tertiary/aromatic N) is 1. The molecule has 0 radical (unpaired) electrons. The molecule has 0 saturated carbocycles. The number of fused-ring (bicyclic) bond motifs is 8. The van der Waals surface area contributed by atoms with E-state index in [-0.39, 0.29) is 0 Å². The van der Waals surface area contributed by atoms with Crippen LogP contribution in [0, 0.1) is 11.3 Å². The summed E-state index contributed by atoms with van der Waals surface area (Å²) < 4.78 is 0. The fourth-order valence-corrected chi connectivity index (χ4v) is 3.62. The maximum atomic E-state index is 9.29. The van der Waals surface area contributed by atoms with Gasteiger partial charge in [0, 0.05) is 21.7 Å². The molecule has 0 atom stereocenters. The summed E-state index contributed by atoms with van der Waals surface area (Å²) in [7, 11) is 0. The molecule has 0 aliphatic carbocycles. The summed E-state index contributed by atoms with van der Waals surface area (Å²) in [4.78, 5) is 3.57. The fraction of sp³-hybridized carbons (Fsp3) is 0. The molecule has 1 heterocycles. The largest absolute Gasteiger partial charge is 0.354 e. The first-order chi connectivity index (χ1) is 11.4. The molecule has 0 unspecified atom stereocenters. The van der Waals surface area contributed by atoms with Crippen molar-refractivity contribution in [3.05, 3.63) is 72.3 Å². The molecule has 1 N–H and O–H groups in total. The van der Waals surface area contributed by atoms with Gasteiger partial charge < -0.3 is 4.98 Å². The highest BCUT2D eigenvalue weighted by Gasteiger charge is 2.13.